The van der Waals surface area contributed by atoms with Crippen LogP contribution in [-0.4, -0.2) is 42.1 Å². The standard InChI is InChI=1S/C25H24ClNO6/c1-15-17-12-19(26)21(32-2)14-20(17)33-23(29)18(15)13-22(28)27-10-8-25(9-11-27,24(30)31)16-6-4-3-5-7-16/h3-7,12,14H,8-11,13H2,1-2H3,(H,30,31). The Morgan fingerprint density at radius 3 is 2.45 bits per heavy atom. The van der Waals surface area contributed by atoms with E-state index in [2.05, 4.69) is 0 Å². The smallest absolute Gasteiger partial charge is 0.340 e. The van der Waals surface area contributed by atoms with Crippen molar-refractivity contribution in [2.45, 2.75) is 31.6 Å². The van der Waals surface area contributed by atoms with Gasteiger partial charge in [-0.15, -0.1) is 0 Å². The number of hydrogen-bond donors (Lipinski definition) is 1. The van der Waals surface area contributed by atoms with E-state index < -0.39 is 17.0 Å². The Balaban J connectivity index is 1.56. The normalized spacial score (nSPS) is 15.4. The number of carbonyl (C=O) groups excluding carboxylic acids is 1. The number of carboxylic acid groups (broad SMARTS) is 1. The molecule has 1 fully saturated rings. The fourth-order valence-electron chi connectivity index (χ4n) is 4.53. The van der Waals surface area contributed by atoms with Crippen LogP contribution in [0.2, 0.25) is 5.02 Å². The Hall–Kier alpha value is -3.32. The van der Waals surface area contributed by atoms with E-state index in [0.29, 0.717) is 53.2 Å². The van der Waals surface area contributed by atoms with Crippen molar-refractivity contribution >= 4 is 34.4 Å². The molecule has 1 aliphatic rings. The average molecular weight is 470 g/mol. The number of hydrogen-bond acceptors (Lipinski definition) is 5. The molecule has 0 atom stereocenters. The summed E-state index contributed by atoms with van der Waals surface area (Å²) in [6.45, 7) is 2.34. The lowest BCUT2D eigenvalue weighted by atomic mass is 9.73. The zero-order valence-corrected chi connectivity index (χ0v) is 19.1. The van der Waals surface area contributed by atoms with Crippen LogP contribution in [0, 0.1) is 6.92 Å². The summed E-state index contributed by atoms with van der Waals surface area (Å²) < 4.78 is 10.6. The highest BCUT2D eigenvalue weighted by atomic mass is 35.5. The van der Waals surface area contributed by atoms with Crippen LogP contribution < -0.4 is 10.4 Å². The molecular weight excluding hydrogens is 446 g/mol. The highest BCUT2D eigenvalue weighted by Gasteiger charge is 2.43. The van der Waals surface area contributed by atoms with Crippen LogP contribution in [-0.2, 0) is 21.4 Å². The molecule has 0 saturated carbocycles. The minimum Gasteiger partial charge on any atom is -0.495 e. The maximum Gasteiger partial charge on any atom is 0.340 e. The Labute approximate surface area is 195 Å². The summed E-state index contributed by atoms with van der Waals surface area (Å²) in [6, 6.07) is 12.3. The fourth-order valence-corrected chi connectivity index (χ4v) is 4.78. The van der Waals surface area contributed by atoms with Gasteiger partial charge in [0.05, 0.1) is 29.5 Å². The Bertz CT molecular complexity index is 1280. The molecule has 1 aromatic heterocycles. The third-order valence-corrected chi connectivity index (χ3v) is 6.89. The van der Waals surface area contributed by atoms with Crippen LogP contribution in [0.3, 0.4) is 0 Å². The van der Waals surface area contributed by atoms with E-state index in [1.165, 1.54) is 7.11 Å². The Morgan fingerprint density at radius 1 is 1.18 bits per heavy atom. The first kappa shape index (κ1) is 22.9. The number of rotatable bonds is 5. The molecule has 172 valence electrons. The van der Waals surface area contributed by atoms with E-state index in [-0.39, 0.29) is 17.9 Å². The van der Waals surface area contributed by atoms with Crippen LogP contribution in [0.25, 0.3) is 11.0 Å². The maximum absolute atomic E-state index is 13.0. The molecule has 1 aliphatic heterocycles. The van der Waals surface area contributed by atoms with Gasteiger partial charge in [-0.05, 0) is 37.0 Å². The maximum atomic E-state index is 13.0. The molecule has 3 aromatic rings. The van der Waals surface area contributed by atoms with Crippen LogP contribution >= 0.6 is 11.6 Å². The quantitative estimate of drug-likeness (QED) is 0.568. The Morgan fingerprint density at radius 2 is 1.85 bits per heavy atom. The molecule has 2 aromatic carbocycles. The third-order valence-electron chi connectivity index (χ3n) is 6.59. The van der Waals surface area contributed by atoms with Crippen molar-refractivity contribution in [3.63, 3.8) is 0 Å². The molecule has 1 amide bonds. The van der Waals surface area contributed by atoms with Gasteiger partial charge in [0.15, 0.2) is 0 Å². The second-order valence-corrected chi connectivity index (χ2v) is 8.69. The van der Waals surface area contributed by atoms with E-state index in [1.807, 2.05) is 30.3 Å². The van der Waals surface area contributed by atoms with Crippen LogP contribution in [0.4, 0.5) is 0 Å². The van der Waals surface area contributed by atoms with E-state index in [0.717, 1.165) is 5.56 Å². The SMILES string of the molecule is COc1cc2oc(=O)c(CC(=O)N3CCC(C(=O)O)(c4ccccc4)CC3)c(C)c2cc1Cl. The number of methoxy groups -OCH3 is 1. The first-order valence-electron chi connectivity index (χ1n) is 10.6. The molecule has 4 rings (SSSR count). The molecule has 8 heteroatoms. The molecule has 1 saturated heterocycles. The molecule has 0 radical (unpaired) electrons. The summed E-state index contributed by atoms with van der Waals surface area (Å²) in [7, 11) is 1.47. The average Bonchev–Trinajstić information content (AvgIpc) is 2.82. The number of halogens is 1. The third kappa shape index (κ3) is 4.09. The number of likely N-dealkylation sites (tertiary alicyclic amines) is 1. The van der Waals surface area contributed by atoms with Gasteiger partial charge in [0.2, 0.25) is 5.91 Å². The van der Waals surface area contributed by atoms with Crippen molar-refractivity contribution in [3.05, 3.63) is 74.6 Å². The van der Waals surface area contributed by atoms with Gasteiger partial charge in [0, 0.05) is 24.5 Å². The summed E-state index contributed by atoms with van der Waals surface area (Å²) in [6.07, 6.45) is 0.483. The van der Waals surface area contributed by atoms with E-state index in [1.54, 1.807) is 24.0 Å². The summed E-state index contributed by atoms with van der Waals surface area (Å²) in [5.74, 6) is -0.736. The number of ether oxygens (including phenoxy) is 1. The number of piperidine rings is 1. The van der Waals surface area contributed by atoms with Crippen molar-refractivity contribution in [1.82, 2.24) is 4.90 Å². The van der Waals surface area contributed by atoms with Gasteiger partial charge in [-0.1, -0.05) is 41.9 Å². The highest BCUT2D eigenvalue weighted by Crippen LogP contribution is 2.36. The van der Waals surface area contributed by atoms with Gasteiger partial charge in [-0.3, -0.25) is 9.59 Å². The number of aliphatic carboxylic acids is 1. The van der Waals surface area contributed by atoms with Crippen molar-refractivity contribution in [1.29, 1.82) is 0 Å². The molecule has 33 heavy (non-hydrogen) atoms. The number of amides is 1. The van der Waals surface area contributed by atoms with Crippen molar-refractivity contribution in [2.24, 2.45) is 0 Å². The number of carbonyl (C=O) groups is 2. The predicted octanol–water partition coefficient (Wildman–Crippen LogP) is 3.95. The molecule has 7 nitrogen and oxygen atoms in total. The van der Waals surface area contributed by atoms with Gasteiger partial charge in [0.25, 0.3) is 0 Å². The number of aryl methyl sites for hydroxylation is 1. The topological polar surface area (TPSA) is 97.0 Å². The highest BCUT2D eigenvalue weighted by molar-refractivity contribution is 6.32. The summed E-state index contributed by atoms with van der Waals surface area (Å²) in [5.41, 5.74) is 0.363. The minimum absolute atomic E-state index is 0.126. The summed E-state index contributed by atoms with van der Waals surface area (Å²) in [4.78, 5) is 39.5. The first-order valence-corrected chi connectivity index (χ1v) is 11.0. The van der Waals surface area contributed by atoms with Crippen LogP contribution in [0.15, 0.2) is 51.7 Å². The van der Waals surface area contributed by atoms with Crippen molar-refractivity contribution in [3.8, 4) is 5.75 Å². The van der Waals surface area contributed by atoms with Crippen LogP contribution in [0.5, 0.6) is 5.75 Å². The lowest BCUT2D eigenvalue weighted by Crippen LogP contribution is -2.49. The van der Waals surface area contributed by atoms with Crippen LogP contribution in [0.1, 0.15) is 29.5 Å². The summed E-state index contributed by atoms with van der Waals surface area (Å²) in [5, 5.41) is 11.0. The second-order valence-electron chi connectivity index (χ2n) is 8.29. The minimum atomic E-state index is -1.02. The number of fused-ring (bicyclic) bond motifs is 1. The summed E-state index contributed by atoms with van der Waals surface area (Å²) >= 11 is 6.23. The second kappa shape index (κ2) is 8.90. The van der Waals surface area contributed by atoms with Crippen molar-refractivity contribution in [2.75, 3.05) is 20.2 Å². The molecule has 0 spiro atoms. The molecule has 0 aliphatic carbocycles. The van der Waals surface area contributed by atoms with Crippen molar-refractivity contribution < 1.29 is 23.8 Å². The predicted molar refractivity (Wildman–Crippen MR) is 124 cm³/mol. The van der Waals surface area contributed by atoms with Gasteiger partial charge in [-0.25, -0.2) is 4.79 Å². The van der Waals surface area contributed by atoms with Gasteiger partial charge >= 0.3 is 11.6 Å². The monoisotopic (exact) mass is 469 g/mol. The van der Waals surface area contributed by atoms with Gasteiger partial charge in [-0.2, -0.15) is 0 Å². The largest absolute Gasteiger partial charge is 0.495 e. The first-order chi connectivity index (χ1) is 15.8. The number of benzene rings is 2. The lowest BCUT2D eigenvalue weighted by Gasteiger charge is -2.39. The van der Waals surface area contributed by atoms with E-state index in [9.17, 15) is 19.5 Å². The molecule has 0 bridgehead atoms. The molecule has 0 unspecified atom stereocenters. The Kier molecular flexibility index (Phi) is 6.17. The number of nitrogens with zero attached hydrogens (tertiary/aromatic N) is 1. The molecule has 2 heterocycles. The zero-order chi connectivity index (χ0) is 23.8. The molecular formula is C25H24ClNO6. The zero-order valence-electron chi connectivity index (χ0n) is 18.4. The lowest BCUT2D eigenvalue weighted by molar-refractivity contribution is -0.148. The van der Waals surface area contributed by atoms with Gasteiger partial charge in [0.1, 0.15) is 11.3 Å². The number of carboxylic acids is 1. The van der Waals surface area contributed by atoms with Gasteiger partial charge < -0.3 is 19.2 Å². The van der Waals surface area contributed by atoms with E-state index >= 15 is 0 Å². The molecule has 1 N–H and O–H groups in total. The fraction of sp³-hybridized carbons (Fsp3) is 0.320. The van der Waals surface area contributed by atoms with E-state index in [4.69, 9.17) is 20.8 Å².